The number of nitrogens with zero attached hydrogens (tertiary/aromatic N) is 2. The van der Waals surface area contributed by atoms with Gasteiger partial charge < -0.3 is 4.40 Å². The molecule has 74 valence electrons. The van der Waals surface area contributed by atoms with Gasteiger partial charge in [-0.05, 0) is 37.5 Å². The maximum Gasteiger partial charge on any atom is 0.137 e. The first-order valence-electron chi connectivity index (χ1n) is 5.04. The topological polar surface area (TPSA) is 17.3 Å². The molecule has 2 nitrogen and oxygen atoms in total. The second-order valence-electron chi connectivity index (χ2n) is 4.21. The molecule has 0 aliphatic carbocycles. The quantitative estimate of drug-likeness (QED) is 0.672. The molecule has 2 aromatic rings. The molecule has 14 heavy (non-hydrogen) atoms. The molecule has 2 heterocycles. The fraction of sp³-hybridized carbons (Fsp3) is 0.417. The smallest absolute Gasteiger partial charge is 0.137 e. The lowest BCUT2D eigenvalue weighted by Gasteiger charge is -2.08. The van der Waals surface area contributed by atoms with E-state index in [-0.39, 0.29) is 0 Å². The van der Waals surface area contributed by atoms with Crippen molar-refractivity contribution in [2.45, 2.75) is 33.6 Å². The van der Waals surface area contributed by atoms with E-state index in [2.05, 4.69) is 49.2 Å². The Bertz CT molecular complexity index is 466. The molecule has 0 fully saturated rings. The molecular weight excluding hydrogens is 172 g/mol. The molecule has 0 amide bonds. The number of fused-ring (bicyclic) bond motifs is 1. The van der Waals surface area contributed by atoms with E-state index in [1.54, 1.807) is 0 Å². The summed E-state index contributed by atoms with van der Waals surface area (Å²) in [5.74, 6) is 0.520. The highest BCUT2D eigenvalue weighted by atomic mass is 15.0. The zero-order valence-corrected chi connectivity index (χ0v) is 9.20. The largest absolute Gasteiger partial charge is 0.301 e. The van der Waals surface area contributed by atoms with Crippen LogP contribution in [0.3, 0.4) is 0 Å². The fourth-order valence-corrected chi connectivity index (χ4v) is 1.91. The van der Waals surface area contributed by atoms with Crippen molar-refractivity contribution in [3.63, 3.8) is 0 Å². The van der Waals surface area contributed by atoms with Crippen LogP contribution >= 0.6 is 0 Å². The summed E-state index contributed by atoms with van der Waals surface area (Å²) in [6.45, 7) is 8.63. The Labute approximate surface area is 84.6 Å². The molecule has 2 rings (SSSR count). The lowest BCUT2D eigenvalue weighted by molar-refractivity contribution is 0.799. The van der Waals surface area contributed by atoms with Crippen molar-refractivity contribution in [1.29, 1.82) is 0 Å². The van der Waals surface area contributed by atoms with E-state index in [4.69, 9.17) is 0 Å². The molecule has 0 N–H and O–H groups in total. The van der Waals surface area contributed by atoms with Gasteiger partial charge in [0.2, 0.25) is 0 Å². The molecule has 0 atom stereocenters. The van der Waals surface area contributed by atoms with Crippen LogP contribution in [0.1, 0.15) is 36.7 Å². The van der Waals surface area contributed by atoms with Gasteiger partial charge in [0.1, 0.15) is 5.65 Å². The van der Waals surface area contributed by atoms with Crippen LogP contribution < -0.4 is 0 Å². The zero-order valence-electron chi connectivity index (χ0n) is 9.20. The summed E-state index contributed by atoms with van der Waals surface area (Å²) in [6.07, 6.45) is 1.98. The monoisotopic (exact) mass is 188 g/mol. The van der Waals surface area contributed by atoms with Gasteiger partial charge in [0.05, 0.1) is 0 Å². The van der Waals surface area contributed by atoms with Gasteiger partial charge in [-0.3, -0.25) is 0 Å². The van der Waals surface area contributed by atoms with E-state index >= 15 is 0 Å². The SMILES string of the molecule is Cc1cc(C)n2c(C(C)C)cnc2c1. The van der Waals surface area contributed by atoms with Crippen molar-refractivity contribution in [2.24, 2.45) is 0 Å². The number of hydrogen-bond acceptors (Lipinski definition) is 1. The van der Waals surface area contributed by atoms with Crippen LogP contribution in [0.25, 0.3) is 5.65 Å². The standard InChI is InChI=1S/C12H16N2/c1-8(2)11-7-13-12-6-9(3)5-10(4)14(11)12/h5-8H,1-4H3. The first kappa shape index (κ1) is 9.25. The average Bonchev–Trinajstić information content (AvgIpc) is 2.47. The van der Waals surface area contributed by atoms with Crippen molar-refractivity contribution in [1.82, 2.24) is 9.38 Å². The maximum atomic E-state index is 4.42. The van der Waals surface area contributed by atoms with Crippen LogP contribution in [0.2, 0.25) is 0 Å². The van der Waals surface area contributed by atoms with Crippen LogP contribution in [-0.2, 0) is 0 Å². The minimum atomic E-state index is 0.520. The highest BCUT2D eigenvalue weighted by molar-refractivity contribution is 5.45. The molecular formula is C12H16N2. The predicted molar refractivity (Wildman–Crippen MR) is 58.8 cm³/mol. The first-order valence-corrected chi connectivity index (χ1v) is 5.04. The Morgan fingerprint density at radius 2 is 1.93 bits per heavy atom. The predicted octanol–water partition coefficient (Wildman–Crippen LogP) is 3.07. The number of hydrogen-bond donors (Lipinski definition) is 0. The van der Waals surface area contributed by atoms with Crippen LogP contribution in [0.5, 0.6) is 0 Å². The zero-order chi connectivity index (χ0) is 10.3. The van der Waals surface area contributed by atoms with E-state index in [0.717, 1.165) is 5.65 Å². The Morgan fingerprint density at radius 1 is 1.21 bits per heavy atom. The van der Waals surface area contributed by atoms with Gasteiger partial charge in [-0.2, -0.15) is 0 Å². The first-order chi connectivity index (χ1) is 6.59. The number of pyridine rings is 1. The highest BCUT2D eigenvalue weighted by Gasteiger charge is 2.08. The summed E-state index contributed by atoms with van der Waals surface area (Å²) < 4.78 is 2.23. The second-order valence-corrected chi connectivity index (χ2v) is 4.21. The third-order valence-electron chi connectivity index (χ3n) is 2.55. The normalized spacial score (nSPS) is 11.5. The molecule has 0 aliphatic rings. The second kappa shape index (κ2) is 3.12. The van der Waals surface area contributed by atoms with Crippen molar-refractivity contribution in [2.75, 3.05) is 0 Å². The summed E-state index contributed by atoms with van der Waals surface area (Å²) in [5.41, 5.74) is 4.89. The number of aromatic nitrogens is 2. The van der Waals surface area contributed by atoms with E-state index in [9.17, 15) is 0 Å². The van der Waals surface area contributed by atoms with Crippen LogP contribution in [-0.4, -0.2) is 9.38 Å². The molecule has 0 bridgehead atoms. The highest BCUT2D eigenvalue weighted by Crippen LogP contribution is 2.19. The molecule has 0 unspecified atom stereocenters. The Kier molecular flexibility index (Phi) is 2.06. The van der Waals surface area contributed by atoms with E-state index < -0.39 is 0 Å². The van der Waals surface area contributed by atoms with Gasteiger partial charge >= 0.3 is 0 Å². The third kappa shape index (κ3) is 1.31. The van der Waals surface area contributed by atoms with Crippen LogP contribution in [0.4, 0.5) is 0 Å². The van der Waals surface area contributed by atoms with Gasteiger partial charge in [-0.1, -0.05) is 13.8 Å². The Hall–Kier alpha value is -1.31. The van der Waals surface area contributed by atoms with Gasteiger partial charge in [0.25, 0.3) is 0 Å². The van der Waals surface area contributed by atoms with Crippen LogP contribution in [0.15, 0.2) is 18.3 Å². The molecule has 0 saturated carbocycles. The fourth-order valence-electron chi connectivity index (χ4n) is 1.91. The van der Waals surface area contributed by atoms with Crippen molar-refractivity contribution >= 4 is 5.65 Å². The van der Waals surface area contributed by atoms with Crippen molar-refractivity contribution in [3.8, 4) is 0 Å². The van der Waals surface area contributed by atoms with Gasteiger partial charge in [-0.25, -0.2) is 4.98 Å². The van der Waals surface area contributed by atoms with E-state index in [0.29, 0.717) is 5.92 Å². The molecule has 0 radical (unpaired) electrons. The molecule has 2 heteroatoms. The third-order valence-corrected chi connectivity index (χ3v) is 2.55. The van der Waals surface area contributed by atoms with Gasteiger partial charge in [-0.15, -0.1) is 0 Å². The average molecular weight is 188 g/mol. The van der Waals surface area contributed by atoms with Gasteiger partial charge in [0.15, 0.2) is 0 Å². The molecule has 0 saturated heterocycles. The lowest BCUT2D eigenvalue weighted by atomic mass is 10.1. The van der Waals surface area contributed by atoms with Crippen LogP contribution in [0, 0.1) is 13.8 Å². The summed E-state index contributed by atoms with van der Waals surface area (Å²) in [5, 5.41) is 0. The molecule has 0 spiro atoms. The number of imidazole rings is 1. The maximum absolute atomic E-state index is 4.42. The number of rotatable bonds is 1. The van der Waals surface area contributed by atoms with E-state index in [1.807, 2.05) is 6.20 Å². The summed E-state index contributed by atoms with van der Waals surface area (Å²) in [4.78, 5) is 4.42. The Morgan fingerprint density at radius 3 is 2.57 bits per heavy atom. The summed E-state index contributed by atoms with van der Waals surface area (Å²) in [7, 11) is 0. The minimum absolute atomic E-state index is 0.520. The Balaban J connectivity index is 2.79. The lowest BCUT2D eigenvalue weighted by Crippen LogP contribution is -1.99. The summed E-state index contributed by atoms with van der Waals surface area (Å²) >= 11 is 0. The van der Waals surface area contributed by atoms with Crippen molar-refractivity contribution in [3.05, 3.63) is 35.3 Å². The summed E-state index contributed by atoms with van der Waals surface area (Å²) in [6, 6.07) is 4.32. The van der Waals surface area contributed by atoms with E-state index in [1.165, 1.54) is 17.0 Å². The van der Waals surface area contributed by atoms with Crippen molar-refractivity contribution < 1.29 is 0 Å². The molecule has 2 aromatic heterocycles. The minimum Gasteiger partial charge on any atom is -0.301 e. The van der Waals surface area contributed by atoms with Gasteiger partial charge in [0, 0.05) is 17.6 Å². The number of aryl methyl sites for hydroxylation is 2. The molecule has 0 aliphatic heterocycles. The molecule has 0 aromatic carbocycles.